The predicted octanol–water partition coefficient (Wildman–Crippen LogP) is 3.54. The Kier molecular flexibility index (Phi) is 6.30. The molecule has 0 radical (unpaired) electrons. The first-order valence-corrected chi connectivity index (χ1v) is 7.68. The van der Waals surface area contributed by atoms with Gasteiger partial charge in [0.25, 0.3) is 5.91 Å². The standard InChI is InChI=1S/C15H14BrF2N3O3/c1-2-23-13-5-9(3-4-12(13)24-15(17)18)7-20-21-14(22)11-6-10(16)8-19-11/h3-8,15,19H,2H2,1H3,(H,21,22)/b20-7-. The number of amides is 1. The number of halogens is 3. The number of aromatic nitrogens is 1. The van der Waals surface area contributed by atoms with E-state index in [1.165, 1.54) is 24.4 Å². The maximum absolute atomic E-state index is 12.3. The number of rotatable bonds is 7. The Balaban J connectivity index is 2.05. The second-order valence-electron chi connectivity index (χ2n) is 4.45. The molecule has 0 spiro atoms. The van der Waals surface area contributed by atoms with Crippen LogP contribution in [0.5, 0.6) is 11.5 Å². The molecule has 0 unspecified atom stereocenters. The molecule has 0 bridgehead atoms. The van der Waals surface area contributed by atoms with Crippen LogP contribution in [0.1, 0.15) is 23.0 Å². The lowest BCUT2D eigenvalue weighted by atomic mass is 10.2. The molecule has 0 saturated carbocycles. The summed E-state index contributed by atoms with van der Waals surface area (Å²) in [6, 6.07) is 5.96. The monoisotopic (exact) mass is 401 g/mol. The molecular weight excluding hydrogens is 388 g/mol. The van der Waals surface area contributed by atoms with E-state index in [2.05, 4.69) is 36.2 Å². The number of hydrogen-bond donors (Lipinski definition) is 2. The van der Waals surface area contributed by atoms with Crippen LogP contribution >= 0.6 is 15.9 Å². The van der Waals surface area contributed by atoms with Gasteiger partial charge in [-0.2, -0.15) is 13.9 Å². The number of alkyl halides is 2. The molecule has 9 heteroatoms. The van der Waals surface area contributed by atoms with E-state index in [1.807, 2.05) is 0 Å². The first-order valence-electron chi connectivity index (χ1n) is 6.88. The van der Waals surface area contributed by atoms with Crippen molar-refractivity contribution in [3.05, 3.63) is 46.2 Å². The molecule has 0 aliphatic rings. The van der Waals surface area contributed by atoms with Crippen LogP contribution in [-0.4, -0.2) is 30.3 Å². The van der Waals surface area contributed by atoms with Gasteiger partial charge in [0.15, 0.2) is 11.5 Å². The number of ether oxygens (including phenoxy) is 2. The molecule has 1 aromatic heterocycles. The van der Waals surface area contributed by atoms with Crippen molar-refractivity contribution >= 4 is 28.1 Å². The van der Waals surface area contributed by atoms with Gasteiger partial charge in [0.2, 0.25) is 0 Å². The highest BCUT2D eigenvalue weighted by Crippen LogP contribution is 2.29. The zero-order valence-corrected chi connectivity index (χ0v) is 14.1. The van der Waals surface area contributed by atoms with Crippen molar-refractivity contribution in [1.29, 1.82) is 0 Å². The summed E-state index contributed by atoms with van der Waals surface area (Å²) in [7, 11) is 0. The number of carbonyl (C=O) groups excluding carboxylic acids is 1. The number of aromatic amines is 1. The van der Waals surface area contributed by atoms with Gasteiger partial charge >= 0.3 is 6.61 Å². The lowest BCUT2D eigenvalue weighted by molar-refractivity contribution is -0.0514. The average molecular weight is 402 g/mol. The third kappa shape index (κ3) is 5.05. The minimum absolute atomic E-state index is 0.0655. The molecule has 2 rings (SSSR count). The van der Waals surface area contributed by atoms with E-state index in [0.29, 0.717) is 17.9 Å². The maximum atomic E-state index is 12.3. The number of carbonyl (C=O) groups is 1. The van der Waals surface area contributed by atoms with Crippen molar-refractivity contribution in [2.75, 3.05) is 6.61 Å². The van der Waals surface area contributed by atoms with Crippen LogP contribution in [0.2, 0.25) is 0 Å². The Morgan fingerprint density at radius 3 is 2.83 bits per heavy atom. The van der Waals surface area contributed by atoms with Gasteiger partial charge in [-0.05, 0) is 52.7 Å². The van der Waals surface area contributed by atoms with E-state index in [1.54, 1.807) is 19.2 Å². The van der Waals surface area contributed by atoms with Crippen LogP contribution in [0.15, 0.2) is 40.0 Å². The maximum Gasteiger partial charge on any atom is 0.387 e. The third-order valence-corrected chi connectivity index (χ3v) is 3.21. The highest BCUT2D eigenvalue weighted by Gasteiger charge is 2.11. The average Bonchev–Trinajstić information content (AvgIpc) is 2.96. The van der Waals surface area contributed by atoms with Crippen molar-refractivity contribution in [2.24, 2.45) is 5.10 Å². The van der Waals surface area contributed by atoms with Gasteiger partial charge in [0.1, 0.15) is 5.69 Å². The summed E-state index contributed by atoms with van der Waals surface area (Å²) in [5.41, 5.74) is 3.24. The first-order chi connectivity index (χ1) is 11.5. The molecule has 1 aromatic carbocycles. The Bertz CT molecular complexity index is 735. The summed E-state index contributed by atoms with van der Waals surface area (Å²) in [6.07, 6.45) is 2.99. The molecule has 1 amide bonds. The summed E-state index contributed by atoms with van der Waals surface area (Å²) >= 11 is 3.22. The quantitative estimate of drug-likeness (QED) is 0.550. The second-order valence-corrected chi connectivity index (χ2v) is 5.36. The summed E-state index contributed by atoms with van der Waals surface area (Å²) in [5.74, 6) is -0.315. The SMILES string of the molecule is CCOc1cc(/C=N\NC(=O)c2cc(Br)c[nH]2)ccc1OC(F)F. The zero-order chi connectivity index (χ0) is 17.5. The van der Waals surface area contributed by atoms with Crippen LogP contribution < -0.4 is 14.9 Å². The first kappa shape index (κ1) is 17.9. The van der Waals surface area contributed by atoms with Crippen molar-refractivity contribution < 1.29 is 23.0 Å². The van der Waals surface area contributed by atoms with E-state index in [-0.39, 0.29) is 11.5 Å². The fourth-order valence-electron chi connectivity index (χ4n) is 1.79. The van der Waals surface area contributed by atoms with Crippen LogP contribution in [0, 0.1) is 0 Å². The normalized spacial score (nSPS) is 11.0. The van der Waals surface area contributed by atoms with E-state index < -0.39 is 12.5 Å². The van der Waals surface area contributed by atoms with E-state index in [0.717, 1.165) is 4.47 Å². The number of hydrazone groups is 1. The van der Waals surface area contributed by atoms with Crippen LogP contribution in [0.25, 0.3) is 0 Å². The van der Waals surface area contributed by atoms with E-state index in [4.69, 9.17) is 4.74 Å². The van der Waals surface area contributed by atoms with E-state index >= 15 is 0 Å². The lowest BCUT2D eigenvalue weighted by Crippen LogP contribution is -2.17. The highest BCUT2D eigenvalue weighted by molar-refractivity contribution is 9.10. The topological polar surface area (TPSA) is 75.7 Å². The molecular formula is C15H14BrF2N3O3. The number of benzene rings is 1. The minimum atomic E-state index is -2.94. The van der Waals surface area contributed by atoms with Crippen LogP contribution in [0.4, 0.5) is 8.78 Å². The second kappa shape index (κ2) is 8.44. The van der Waals surface area contributed by atoms with Gasteiger partial charge in [-0.3, -0.25) is 4.79 Å². The predicted molar refractivity (Wildman–Crippen MR) is 87.8 cm³/mol. The molecule has 24 heavy (non-hydrogen) atoms. The van der Waals surface area contributed by atoms with Gasteiger partial charge in [-0.1, -0.05) is 0 Å². The van der Waals surface area contributed by atoms with Gasteiger partial charge in [0.05, 0.1) is 12.8 Å². The van der Waals surface area contributed by atoms with Crippen molar-refractivity contribution in [3.63, 3.8) is 0 Å². The van der Waals surface area contributed by atoms with Crippen molar-refractivity contribution in [1.82, 2.24) is 10.4 Å². The van der Waals surface area contributed by atoms with Gasteiger partial charge in [-0.25, -0.2) is 5.43 Å². The Morgan fingerprint density at radius 1 is 1.42 bits per heavy atom. The van der Waals surface area contributed by atoms with Crippen molar-refractivity contribution in [3.8, 4) is 11.5 Å². The van der Waals surface area contributed by atoms with Gasteiger partial charge in [0, 0.05) is 10.7 Å². The Labute approximate surface area is 145 Å². The molecule has 0 aliphatic heterocycles. The minimum Gasteiger partial charge on any atom is -0.490 e. The molecule has 0 atom stereocenters. The number of nitrogens with one attached hydrogen (secondary N) is 2. The zero-order valence-electron chi connectivity index (χ0n) is 12.6. The molecule has 1 heterocycles. The number of hydrogen-bond acceptors (Lipinski definition) is 4. The summed E-state index contributed by atoms with van der Waals surface area (Å²) in [6.45, 7) is -0.927. The fourth-order valence-corrected chi connectivity index (χ4v) is 2.13. The molecule has 2 N–H and O–H groups in total. The van der Waals surface area contributed by atoms with E-state index in [9.17, 15) is 13.6 Å². The Hall–Kier alpha value is -2.42. The van der Waals surface area contributed by atoms with Crippen LogP contribution in [0.3, 0.4) is 0 Å². The van der Waals surface area contributed by atoms with Gasteiger partial charge < -0.3 is 14.5 Å². The molecule has 0 saturated heterocycles. The summed E-state index contributed by atoms with van der Waals surface area (Å²) in [5, 5.41) is 3.81. The number of nitrogens with zero attached hydrogens (tertiary/aromatic N) is 1. The molecule has 128 valence electrons. The van der Waals surface area contributed by atoms with Crippen LogP contribution in [-0.2, 0) is 0 Å². The highest BCUT2D eigenvalue weighted by atomic mass is 79.9. The van der Waals surface area contributed by atoms with Crippen molar-refractivity contribution in [2.45, 2.75) is 13.5 Å². The Morgan fingerprint density at radius 2 is 2.21 bits per heavy atom. The van der Waals surface area contributed by atoms with Gasteiger partial charge in [-0.15, -0.1) is 0 Å². The molecule has 2 aromatic rings. The number of H-pyrrole nitrogens is 1. The third-order valence-electron chi connectivity index (χ3n) is 2.76. The molecule has 0 aliphatic carbocycles. The molecule has 0 fully saturated rings. The summed E-state index contributed by atoms with van der Waals surface area (Å²) < 4.78 is 35.1. The smallest absolute Gasteiger partial charge is 0.387 e. The fraction of sp³-hybridized carbons (Fsp3) is 0.200. The lowest BCUT2D eigenvalue weighted by Gasteiger charge is -2.11. The largest absolute Gasteiger partial charge is 0.490 e. The molecule has 6 nitrogen and oxygen atoms in total. The summed E-state index contributed by atoms with van der Waals surface area (Å²) in [4.78, 5) is 14.6.